The average molecular weight is 408 g/mol. The van der Waals surface area contributed by atoms with Crippen molar-refractivity contribution in [1.82, 2.24) is 10.2 Å². The first-order valence-electron chi connectivity index (χ1n) is 10.9. The number of hydrogen-bond acceptors (Lipinski definition) is 5. The number of fused-ring (bicyclic) bond motifs is 2. The quantitative estimate of drug-likeness (QED) is 0.837. The second-order valence-corrected chi connectivity index (χ2v) is 8.18. The Hall–Kier alpha value is -2.73. The molecule has 3 aliphatic rings. The number of rotatable bonds is 4. The summed E-state index contributed by atoms with van der Waals surface area (Å²) in [6.45, 7) is 3.33. The topological polar surface area (TPSA) is 60.0 Å². The predicted molar refractivity (Wildman–Crippen MR) is 113 cm³/mol. The highest BCUT2D eigenvalue weighted by atomic mass is 16.5. The maximum absolute atomic E-state index is 12.9. The Bertz CT molecular complexity index is 916. The van der Waals surface area contributed by atoms with E-state index in [2.05, 4.69) is 22.3 Å². The Labute approximate surface area is 177 Å². The van der Waals surface area contributed by atoms with Gasteiger partial charge in [0.05, 0.1) is 32.4 Å². The summed E-state index contributed by atoms with van der Waals surface area (Å²) in [5.74, 6) is 2.58. The van der Waals surface area contributed by atoms with Crippen LogP contribution in [0.25, 0.3) is 0 Å². The van der Waals surface area contributed by atoms with Gasteiger partial charge < -0.3 is 19.5 Å². The molecule has 3 heterocycles. The molecule has 0 aliphatic carbocycles. The molecule has 30 heavy (non-hydrogen) atoms. The SMILES string of the molecule is O=C(CN1CCC[C@H]1c1ccc2c(c1)OCCCO2)N[C@@H]1CCOc2ccccc21. The number of likely N-dealkylation sites (tertiary alicyclic amines) is 1. The van der Waals surface area contributed by atoms with Gasteiger partial charge in [-0.15, -0.1) is 0 Å². The van der Waals surface area contributed by atoms with Gasteiger partial charge in [-0.1, -0.05) is 24.3 Å². The smallest absolute Gasteiger partial charge is 0.234 e. The number of hydrogen-bond donors (Lipinski definition) is 1. The van der Waals surface area contributed by atoms with E-state index in [1.807, 2.05) is 30.3 Å². The second-order valence-electron chi connectivity index (χ2n) is 8.18. The molecule has 2 atom stereocenters. The van der Waals surface area contributed by atoms with Gasteiger partial charge in [0, 0.05) is 24.4 Å². The molecule has 5 rings (SSSR count). The van der Waals surface area contributed by atoms with Crippen LogP contribution in [0, 0.1) is 0 Å². The zero-order chi connectivity index (χ0) is 20.3. The lowest BCUT2D eigenvalue weighted by atomic mass is 10.0. The standard InChI is InChI=1S/C24H28N2O4/c27-24(25-19-10-14-30-21-7-2-1-5-18(19)21)16-26-11-3-6-20(26)17-8-9-22-23(15-17)29-13-4-12-28-22/h1-2,5,7-9,15,19-20H,3-4,6,10-14,16H2,(H,25,27)/t19-,20+/m1/s1. The van der Waals surface area contributed by atoms with Gasteiger partial charge in [-0.2, -0.15) is 0 Å². The van der Waals surface area contributed by atoms with E-state index in [0.717, 1.165) is 55.0 Å². The number of nitrogens with zero attached hydrogens (tertiary/aromatic N) is 1. The molecule has 2 aromatic rings. The van der Waals surface area contributed by atoms with Crippen molar-refractivity contribution >= 4 is 5.91 Å². The first kappa shape index (κ1) is 19.2. The average Bonchev–Trinajstić information content (AvgIpc) is 3.09. The first-order chi connectivity index (χ1) is 14.8. The molecule has 3 aliphatic heterocycles. The van der Waals surface area contributed by atoms with Gasteiger partial charge in [-0.25, -0.2) is 0 Å². The highest BCUT2D eigenvalue weighted by Gasteiger charge is 2.30. The lowest BCUT2D eigenvalue weighted by Crippen LogP contribution is -2.40. The van der Waals surface area contributed by atoms with Gasteiger partial charge in [-0.3, -0.25) is 9.69 Å². The van der Waals surface area contributed by atoms with Crippen molar-refractivity contribution < 1.29 is 19.0 Å². The molecule has 1 saturated heterocycles. The predicted octanol–water partition coefficient (Wildman–Crippen LogP) is 3.62. The summed E-state index contributed by atoms with van der Waals surface area (Å²) in [6.07, 6.45) is 3.84. The molecule has 2 aromatic carbocycles. The summed E-state index contributed by atoms with van der Waals surface area (Å²) in [4.78, 5) is 15.2. The van der Waals surface area contributed by atoms with Crippen LogP contribution in [0.2, 0.25) is 0 Å². The Morgan fingerprint density at radius 1 is 0.933 bits per heavy atom. The van der Waals surface area contributed by atoms with E-state index >= 15 is 0 Å². The molecular formula is C24H28N2O4. The van der Waals surface area contributed by atoms with Crippen molar-refractivity contribution in [1.29, 1.82) is 0 Å². The van der Waals surface area contributed by atoms with Crippen LogP contribution >= 0.6 is 0 Å². The minimum Gasteiger partial charge on any atom is -0.493 e. The number of benzene rings is 2. The van der Waals surface area contributed by atoms with Crippen molar-refractivity contribution in [3.63, 3.8) is 0 Å². The van der Waals surface area contributed by atoms with Crippen LogP contribution in [-0.4, -0.2) is 43.7 Å². The van der Waals surface area contributed by atoms with Crippen molar-refractivity contribution in [3.8, 4) is 17.2 Å². The Balaban J connectivity index is 1.26. The summed E-state index contributed by atoms with van der Waals surface area (Å²) in [5.41, 5.74) is 2.26. The van der Waals surface area contributed by atoms with Crippen LogP contribution in [0.4, 0.5) is 0 Å². The Kier molecular flexibility index (Phi) is 5.49. The second kappa shape index (κ2) is 8.56. The Morgan fingerprint density at radius 3 is 2.70 bits per heavy atom. The van der Waals surface area contributed by atoms with E-state index in [1.165, 1.54) is 5.56 Å². The van der Waals surface area contributed by atoms with E-state index in [-0.39, 0.29) is 18.0 Å². The van der Waals surface area contributed by atoms with E-state index in [9.17, 15) is 4.79 Å². The van der Waals surface area contributed by atoms with Gasteiger partial charge in [0.15, 0.2) is 11.5 Å². The first-order valence-corrected chi connectivity index (χ1v) is 10.9. The number of carbonyl (C=O) groups is 1. The van der Waals surface area contributed by atoms with Crippen LogP contribution in [0.5, 0.6) is 17.2 Å². The molecular weight excluding hydrogens is 380 g/mol. The van der Waals surface area contributed by atoms with Crippen molar-refractivity contribution in [2.75, 3.05) is 32.9 Å². The van der Waals surface area contributed by atoms with Crippen LogP contribution in [0.15, 0.2) is 42.5 Å². The zero-order valence-electron chi connectivity index (χ0n) is 17.1. The van der Waals surface area contributed by atoms with E-state index in [1.54, 1.807) is 0 Å². The fraction of sp³-hybridized carbons (Fsp3) is 0.458. The highest BCUT2D eigenvalue weighted by molar-refractivity contribution is 5.78. The number of para-hydroxylation sites is 1. The molecule has 1 N–H and O–H groups in total. The van der Waals surface area contributed by atoms with Crippen LogP contribution in [0.3, 0.4) is 0 Å². The maximum atomic E-state index is 12.9. The molecule has 1 fully saturated rings. The normalized spacial score (nSPS) is 23.2. The third-order valence-electron chi connectivity index (χ3n) is 6.16. The number of nitrogens with one attached hydrogen (secondary N) is 1. The molecule has 6 heteroatoms. The summed E-state index contributed by atoms with van der Waals surface area (Å²) < 4.78 is 17.3. The van der Waals surface area contributed by atoms with Crippen molar-refractivity contribution in [3.05, 3.63) is 53.6 Å². The largest absolute Gasteiger partial charge is 0.493 e. The van der Waals surface area contributed by atoms with E-state index in [4.69, 9.17) is 14.2 Å². The van der Waals surface area contributed by atoms with Crippen LogP contribution < -0.4 is 19.5 Å². The number of amides is 1. The van der Waals surface area contributed by atoms with Gasteiger partial charge >= 0.3 is 0 Å². The molecule has 6 nitrogen and oxygen atoms in total. The molecule has 1 amide bonds. The summed E-state index contributed by atoms with van der Waals surface area (Å²) in [5, 5.41) is 3.23. The minimum absolute atomic E-state index is 0.0153. The molecule has 0 bridgehead atoms. The van der Waals surface area contributed by atoms with Gasteiger partial charge in [-0.05, 0) is 43.1 Å². The van der Waals surface area contributed by atoms with E-state index in [0.29, 0.717) is 26.4 Å². The molecule has 158 valence electrons. The lowest BCUT2D eigenvalue weighted by Gasteiger charge is -2.29. The molecule has 0 spiro atoms. The monoisotopic (exact) mass is 408 g/mol. The third kappa shape index (κ3) is 3.97. The number of ether oxygens (including phenoxy) is 3. The fourth-order valence-corrected chi connectivity index (χ4v) is 4.70. The van der Waals surface area contributed by atoms with Crippen LogP contribution in [-0.2, 0) is 4.79 Å². The molecule has 0 unspecified atom stereocenters. The molecule has 0 aromatic heterocycles. The Morgan fingerprint density at radius 2 is 1.77 bits per heavy atom. The maximum Gasteiger partial charge on any atom is 0.234 e. The van der Waals surface area contributed by atoms with E-state index < -0.39 is 0 Å². The summed E-state index contributed by atoms with van der Waals surface area (Å²) in [7, 11) is 0. The summed E-state index contributed by atoms with van der Waals surface area (Å²) in [6, 6.07) is 14.4. The van der Waals surface area contributed by atoms with Gasteiger partial charge in [0.25, 0.3) is 0 Å². The third-order valence-corrected chi connectivity index (χ3v) is 6.16. The lowest BCUT2D eigenvalue weighted by molar-refractivity contribution is -0.123. The molecule has 0 saturated carbocycles. The highest BCUT2D eigenvalue weighted by Crippen LogP contribution is 2.38. The number of carbonyl (C=O) groups excluding carboxylic acids is 1. The minimum atomic E-state index is 0.0153. The molecule has 0 radical (unpaired) electrons. The van der Waals surface area contributed by atoms with Gasteiger partial charge in [0.2, 0.25) is 5.91 Å². The zero-order valence-corrected chi connectivity index (χ0v) is 17.1. The van der Waals surface area contributed by atoms with Crippen molar-refractivity contribution in [2.24, 2.45) is 0 Å². The fourth-order valence-electron chi connectivity index (χ4n) is 4.70. The summed E-state index contributed by atoms with van der Waals surface area (Å²) >= 11 is 0. The van der Waals surface area contributed by atoms with Crippen molar-refractivity contribution in [2.45, 2.75) is 37.8 Å². The van der Waals surface area contributed by atoms with Gasteiger partial charge in [0.1, 0.15) is 5.75 Å². The van der Waals surface area contributed by atoms with Crippen LogP contribution in [0.1, 0.15) is 48.9 Å².